The molecular formula is C21H33N3O. The number of hydrogen-bond acceptors (Lipinski definition) is 3. The van der Waals surface area contributed by atoms with Gasteiger partial charge in [0.15, 0.2) is 0 Å². The van der Waals surface area contributed by atoms with Gasteiger partial charge in [0, 0.05) is 38.8 Å². The average molecular weight is 344 g/mol. The third kappa shape index (κ3) is 4.24. The molecule has 4 heteroatoms. The van der Waals surface area contributed by atoms with Crippen LogP contribution in [0.5, 0.6) is 0 Å². The molecule has 3 atom stereocenters. The molecule has 3 rings (SSSR count). The number of carbonyl (C=O) groups excluding carboxylic acids is 1. The number of hydrogen-bond donors (Lipinski definition) is 1. The summed E-state index contributed by atoms with van der Waals surface area (Å²) in [5.41, 5.74) is 2.39. The largest absolute Gasteiger partial charge is 0.341 e. The van der Waals surface area contributed by atoms with Gasteiger partial charge in [-0.2, -0.15) is 0 Å². The van der Waals surface area contributed by atoms with Crippen molar-refractivity contribution in [3.63, 3.8) is 0 Å². The third-order valence-corrected chi connectivity index (χ3v) is 5.79. The first kappa shape index (κ1) is 18.4. The van der Waals surface area contributed by atoms with E-state index in [1.54, 1.807) is 0 Å². The maximum absolute atomic E-state index is 13.6. The molecule has 0 aromatic heterocycles. The lowest BCUT2D eigenvalue weighted by molar-refractivity contribution is -0.140. The second-order valence-electron chi connectivity index (χ2n) is 7.85. The van der Waals surface area contributed by atoms with Gasteiger partial charge < -0.3 is 10.2 Å². The second-order valence-corrected chi connectivity index (χ2v) is 7.85. The van der Waals surface area contributed by atoms with Gasteiger partial charge in [0.1, 0.15) is 6.04 Å². The number of amides is 1. The van der Waals surface area contributed by atoms with Crippen molar-refractivity contribution in [2.75, 3.05) is 32.7 Å². The van der Waals surface area contributed by atoms with Crippen LogP contribution in [-0.2, 0) is 4.79 Å². The number of benzene rings is 1. The second kappa shape index (κ2) is 8.33. The van der Waals surface area contributed by atoms with Crippen LogP contribution in [0.15, 0.2) is 24.3 Å². The molecule has 0 aliphatic carbocycles. The minimum absolute atomic E-state index is 0.141. The number of nitrogens with one attached hydrogen (secondary N) is 1. The molecule has 1 aromatic rings. The maximum Gasteiger partial charge on any atom is 0.244 e. The highest BCUT2D eigenvalue weighted by Crippen LogP contribution is 2.29. The molecule has 0 saturated carbocycles. The van der Waals surface area contributed by atoms with E-state index in [9.17, 15) is 4.79 Å². The lowest BCUT2D eigenvalue weighted by Crippen LogP contribution is -2.56. The van der Waals surface area contributed by atoms with Gasteiger partial charge in [-0.1, -0.05) is 43.7 Å². The number of likely N-dealkylation sites (tertiary alicyclic amines) is 1. The summed E-state index contributed by atoms with van der Waals surface area (Å²) in [7, 11) is 0. The highest BCUT2D eigenvalue weighted by atomic mass is 16.2. The quantitative estimate of drug-likeness (QED) is 0.913. The summed E-state index contributed by atoms with van der Waals surface area (Å²) in [5, 5.41) is 3.49. The predicted octanol–water partition coefficient (Wildman–Crippen LogP) is 2.98. The third-order valence-electron chi connectivity index (χ3n) is 5.79. The number of aryl methyl sites for hydroxylation is 1. The Kier molecular flexibility index (Phi) is 6.13. The first-order chi connectivity index (χ1) is 12.1. The summed E-state index contributed by atoms with van der Waals surface area (Å²) in [6, 6.07) is 8.86. The molecule has 3 unspecified atom stereocenters. The van der Waals surface area contributed by atoms with E-state index >= 15 is 0 Å². The molecule has 138 valence electrons. The molecule has 2 aliphatic rings. The van der Waals surface area contributed by atoms with Crippen LogP contribution in [0.2, 0.25) is 0 Å². The van der Waals surface area contributed by atoms with Gasteiger partial charge in [0.2, 0.25) is 5.91 Å². The van der Waals surface area contributed by atoms with E-state index in [0.29, 0.717) is 17.9 Å². The van der Waals surface area contributed by atoms with Gasteiger partial charge in [-0.3, -0.25) is 9.69 Å². The van der Waals surface area contributed by atoms with E-state index in [2.05, 4.69) is 60.2 Å². The Bertz CT molecular complexity index is 571. The van der Waals surface area contributed by atoms with Gasteiger partial charge >= 0.3 is 0 Å². The molecule has 1 amide bonds. The number of carbonyl (C=O) groups is 1. The van der Waals surface area contributed by atoms with Crippen molar-refractivity contribution >= 4 is 5.91 Å². The minimum atomic E-state index is -0.141. The van der Waals surface area contributed by atoms with Crippen LogP contribution in [0.4, 0.5) is 0 Å². The molecule has 0 spiro atoms. The zero-order chi connectivity index (χ0) is 17.8. The highest BCUT2D eigenvalue weighted by molar-refractivity contribution is 5.83. The van der Waals surface area contributed by atoms with Crippen LogP contribution in [0, 0.1) is 12.8 Å². The summed E-state index contributed by atoms with van der Waals surface area (Å²) in [6.45, 7) is 11.3. The average Bonchev–Trinajstić information content (AvgIpc) is 2.64. The summed E-state index contributed by atoms with van der Waals surface area (Å²) in [5.74, 6) is 0.914. The molecule has 0 bridgehead atoms. The molecule has 25 heavy (non-hydrogen) atoms. The SMILES string of the molecule is CCC1CNCCN1C(C(=O)N1CCCC(C)C1)c1ccc(C)cc1. The molecule has 4 nitrogen and oxygen atoms in total. The smallest absolute Gasteiger partial charge is 0.244 e. The Labute approximate surface area is 152 Å². The Morgan fingerprint density at radius 1 is 1.28 bits per heavy atom. The van der Waals surface area contributed by atoms with Crippen LogP contribution in [0.1, 0.15) is 50.3 Å². The normalized spacial score (nSPS) is 26.4. The van der Waals surface area contributed by atoms with Gasteiger partial charge in [-0.15, -0.1) is 0 Å². The minimum Gasteiger partial charge on any atom is -0.341 e. The van der Waals surface area contributed by atoms with Crippen molar-refractivity contribution in [3.05, 3.63) is 35.4 Å². The van der Waals surface area contributed by atoms with Gasteiger partial charge in [0.25, 0.3) is 0 Å². The molecular weight excluding hydrogens is 310 g/mol. The fraction of sp³-hybridized carbons (Fsp3) is 0.667. The summed E-state index contributed by atoms with van der Waals surface area (Å²) >= 11 is 0. The maximum atomic E-state index is 13.6. The molecule has 2 aliphatic heterocycles. The number of rotatable bonds is 4. The van der Waals surface area contributed by atoms with Crippen LogP contribution < -0.4 is 5.32 Å². The van der Waals surface area contributed by atoms with E-state index < -0.39 is 0 Å². The van der Waals surface area contributed by atoms with Crippen molar-refractivity contribution in [2.45, 2.75) is 52.1 Å². The van der Waals surface area contributed by atoms with E-state index in [0.717, 1.165) is 51.1 Å². The van der Waals surface area contributed by atoms with Crippen LogP contribution in [0.25, 0.3) is 0 Å². The monoisotopic (exact) mass is 343 g/mol. The Hall–Kier alpha value is -1.39. The molecule has 2 fully saturated rings. The van der Waals surface area contributed by atoms with Crippen molar-refractivity contribution < 1.29 is 4.79 Å². The van der Waals surface area contributed by atoms with Crippen LogP contribution in [-0.4, -0.2) is 54.5 Å². The van der Waals surface area contributed by atoms with E-state index in [1.807, 2.05) is 0 Å². The van der Waals surface area contributed by atoms with Crippen LogP contribution in [0.3, 0.4) is 0 Å². The fourth-order valence-electron chi connectivity index (χ4n) is 4.28. The lowest BCUT2D eigenvalue weighted by atomic mass is 9.95. The number of nitrogens with zero attached hydrogens (tertiary/aromatic N) is 2. The fourth-order valence-corrected chi connectivity index (χ4v) is 4.28. The molecule has 1 N–H and O–H groups in total. The van der Waals surface area contributed by atoms with Crippen molar-refractivity contribution in [1.82, 2.24) is 15.1 Å². The number of piperidine rings is 1. The zero-order valence-electron chi connectivity index (χ0n) is 16.0. The molecule has 1 aromatic carbocycles. The number of piperazine rings is 1. The predicted molar refractivity (Wildman–Crippen MR) is 103 cm³/mol. The molecule has 0 radical (unpaired) electrons. The Morgan fingerprint density at radius 3 is 2.72 bits per heavy atom. The summed E-state index contributed by atoms with van der Waals surface area (Å²) in [6.07, 6.45) is 3.44. The molecule has 2 heterocycles. The van der Waals surface area contributed by atoms with E-state index in [-0.39, 0.29) is 6.04 Å². The Morgan fingerprint density at radius 2 is 2.04 bits per heavy atom. The summed E-state index contributed by atoms with van der Waals surface area (Å²) < 4.78 is 0. The van der Waals surface area contributed by atoms with E-state index in [4.69, 9.17) is 0 Å². The summed E-state index contributed by atoms with van der Waals surface area (Å²) in [4.78, 5) is 18.1. The lowest BCUT2D eigenvalue weighted by Gasteiger charge is -2.43. The zero-order valence-corrected chi connectivity index (χ0v) is 16.0. The van der Waals surface area contributed by atoms with Gasteiger partial charge in [-0.25, -0.2) is 0 Å². The van der Waals surface area contributed by atoms with Crippen molar-refractivity contribution in [1.29, 1.82) is 0 Å². The van der Waals surface area contributed by atoms with Gasteiger partial charge in [0.05, 0.1) is 0 Å². The molecule has 2 saturated heterocycles. The van der Waals surface area contributed by atoms with E-state index in [1.165, 1.54) is 12.0 Å². The van der Waals surface area contributed by atoms with Crippen molar-refractivity contribution in [2.24, 2.45) is 5.92 Å². The first-order valence-corrected chi connectivity index (χ1v) is 9.92. The first-order valence-electron chi connectivity index (χ1n) is 9.92. The van der Waals surface area contributed by atoms with Gasteiger partial charge in [-0.05, 0) is 37.7 Å². The topological polar surface area (TPSA) is 35.6 Å². The standard InChI is InChI=1S/C21H33N3O/c1-4-19-14-22-11-13-24(19)20(18-9-7-16(2)8-10-18)21(25)23-12-5-6-17(3)15-23/h7-10,17,19-20,22H,4-6,11-15H2,1-3H3. The Balaban J connectivity index is 1.90. The highest BCUT2D eigenvalue weighted by Gasteiger charge is 2.36. The van der Waals surface area contributed by atoms with Crippen molar-refractivity contribution in [3.8, 4) is 0 Å². The van der Waals surface area contributed by atoms with Crippen LogP contribution >= 0.6 is 0 Å².